The molecule has 0 aliphatic heterocycles. The van der Waals surface area contributed by atoms with Crippen LogP contribution in [0.4, 0.5) is 0 Å². The second-order valence-electron chi connectivity index (χ2n) is 6.74. The van der Waals surface area contributed by atoms with Crippen molar-refractivity contribution in [3.63, 3.8) is 0 Å². The smallest absolute Gasteiger partial charge is 0.324 e. The summed E-state index contributed by atoms with van der Waals surface area (Å²) in [5.41, 5.74) is 1.50. The number of aromatic amines is 1. The molecule has 2 N–H and O–H groups in total. The lowest BCUT2D eigenvalue weighted by Gasteiger charge is -2.13. The van der Waals surface area contributed by atoms with Crippen LogP contribution in [0.1, 0.15) is 28.8 Å². The van der Waals surface area contributed by atoms with E-state index in [9.17, 15) is 18.0 Å². The molecule has 0 radical (unpaired) electrons. The molecule has 2 aromatic heterocycles. The maximum atomic E-state index is 12.4. The molecular formula is C19H21N3O5S2. The first-order chi connectivity index (χ1) is 13.6. The maximum absolute atomic E-state index is 12.4. The average molecular weight is 436 g/mol. The van der Waals surface area contributed by atoms with Gasteiger partial charge in [0.15, 0.2) is 0 Å². The summed E-state index contributed by atoms with van der Waals surface area (Å²) < 4.78 is 32.2. The molecule has 8 nitrogen and oxygen atoms in total. The van der Waals surface area contributed by atoms with Gasteiger partial charge in [0.25, 0.3) is 5.56 Å². The maximum Gasteiger partial charge on any atom is 0.324 e. The number of aryl methyl sites for hydroxylation is 3. The Bertz CT molecular complexity index is 1230. The zero-order valence-electron chi connectivity index (χ0n) is 16.4. The largest absolute Gasteiger partial charge is 0.456 e. The molecule has 0 bridgehead atoms. The summed E-state index contributed by atoms with van der Waals surface area (Å²) >= 11 is 1.39. The van der Waals surface area contributed by atoms with Crippen LogP contribution in [0, 0.1) is 20.8 Å². The molecule has 0 aliphatic rings. The minimum absolute atomic E-state index is 0.0580. The number of benzene rings is 1. The highest BCUT2D eigenvalue weighted by Gasteiger charge is 2.23. The van der Waals surface area contributed by atoms with Gasteiger partial charge in [-0.1, -0.05) is 17.7 Å². The molecule has 2 heterocycles. The van der Waals surface area contributed by atoms with Crippen LogP contribution in [0.5, 0.6) is 0 Å². The number of carbonyl (C=O) groups excluding carboxylic acids is 1. The van der Waals surface area contributed by atoms with Gasteiger partial charge in [-0.3, -0.25) is 9.59 Å². The molecule has 0 amide bonds. The first-order valence-electron chi connectivity index (χ1n) is 8.83. The van der Waals surface area contributed by atoms with Crippen LogP contribution in [-0.4, -0.2) is 30.4 Å². The fourth-order valence-electron chi connectivity index (χ4n) is 2.70. The zero-order valence-corrected chi connectivity index (χ0v) is 18.0. The SMILES string of the molecule is Cc1ccc(S(=O)(=O)N[C@@H](C)C(=O)OCc2nc3sc(C)c(C)c3c(=O)[nH]2)cc1. The third-order valence-corrected chi connectivity index (χ3v) is 7.11. The molecule has 0 fully saturated rings. The minimum Gasteiger partial charge on any atom is -0.456 e. The molecule has 0 saturated carbocycles. The van der Waals surface area contributed by atoms with Gasteiger partial charge in [0, 0.05) is 4.88 Å². The van der Waals surface area contributed by atoms with E-state index in [1.54, 1.807) is 12.1 Å². The number of hydrogen-bond acceptors (Lipinski definition) is 7. The first-order valence-corrected chi connectivity index (χ1v) is 11.1. The van der Waals surface area contributed by atoms with E-state index in [4.69, 9.17) is 4.74 Å². The van der Waals surface area contributed by atoms with Crippen molar-refractivity contribution in [3.8, 4) is 0 Å². The molecule has 0 spiro atoms. The van der Waals surface area contributed by atoms with Crippen LogP contribution in [0.25, 0.3) is 10.2 Å². The molecule has 154 valence electrons. The van der Waals surface area contributed by atoms with E-state index in [1.165, 1.54) is 30.4 Å². The normalized spacial score (nSPS) is 12.8. The second-order valence-corrected chi connectivity index (χ2v) is 9.66. The van der Waals surface area contributed by atoms with Gasteiger partial charge in [0.05, 0.1) is 10.3 Å². The van der Waals surface area contributed by atoms with Crippen molar-refractivity contribution in [2.24, 2.45) is 0 Å². The van der Waals surface area contributed by atoms with Crippen molar-refractivity contribution in [1.29, 1.82) is 0 Å². The van der Waals surface area contributed by atoms with Gasteiger partial charge in [-0.05, 0) is 45.4 Å². The van der Waals surface area contributed by atoms with E-state index in [1.807, 2.05) is 20.8 Å². The van der Waals surface area contributed by atoms with Crippen LogP contribution in [-0.2, 0) is 26.2 Å². The molecule has 0 unspecified atom stereocenters. The van der Waals surface area contributed by atoms with Gasteiger partial charge >= 0.3 is 5.97 Å². The summed E-state index contributed by atoms with van der Waals surface area (Å²) in [6.45, 7) is 6.73. The Morgan fingerprint density at radius 1 is 1.24 bits per heavy atom. The van der Waals surface area contributed by atoms with Crippen LogP contribution < -0.4 is 10.3 Å². The van der Waals surface area contributed by atoms with E-state index in [-0.39, 0.29) is 22.9 Å². The van der Waals surface area contributed by atoms with E-state index < -0.39 is 22.0 Å². The number of ether oxygens (including phenoxy) is 1. The molecule has 0 saturated heterocycles. The lowest BCUT2D eigenvalue weighted by Crippen LogP contribution is -2.39. The van der Waals surface area contributed by atoms with E-state index in [2.05, 4.69) is 14.7 Å². The van der Waals surface area contributed by atoms with Crippen LogP contribution in [0.3, 0.4) is 0 Å². The summed E-state index contributed by atoms with van der Waals surface area (Å²) in [5.74, 6) is -0.576. The number of aromatic nitrogens is 2. The number of sulfonamides is 1. The third kappa shape index (κ3) is 4.55. The number of thiophene rings is 1. The summed E-state index contributed by atoms with van der Waals surface area (Å²) in [7, 11) is -3.86. The molecule has 29 heavy (non-hydrogen) atoms. The van der Waals surface area contributed by atoms with Gasteiger partial charge < -0.3 is 9.72 Å². The fraction of sp³-hybridized carbons (Fsp3) is 0.316. The Hall–Kier alpha value is -2.56. The molecule has 0 aliphatic carbocycles. The van der Waals surface area contributed by atoms with Crippen LogP contribution in [0.15, 0.2) is 34.0 Å². The highest BCUT2D eigenvalue weighted by molar-refractivity contribution is 7.89. The molecule has 3 rings (SSSR count). The highest BCUT2D eigenvalue weighted by Crippen LogP contribution is 2.25. The van der Waals surface area contributed by atoms with Crippen molar-refractivity contribution >= 4 is 37.5 Å². The number of esters is 1. The molecule has 3 aromatic rings. The van der Waals surface area contributed by atoms with Crippen LogP contribution in [0.2, 0.25) is 0 Å². The predicted octanol–water partition coefficient (Wildman–Crippen LogP) is 2.32. The lowest BCUT2D eigenvalue weighted by atomic mass is 10.2. The van der Waals surface area contributed by atoms with Gasteiger partial charge in [-0.15, -0.1) is 11.3 Å². The van der Waals surface area contributed by atoms with Crippen molar-refractivity contribution in [3.05, 3.63) is 56.4 Å². The molecule has 1 atom stereocenters. The van der Waals surface area contributed by atoms with E-state index in [0.717, 1.165) is 16.0 Å². The van der Waals surface area contributed by atoms with Crippen molar-refractivity contribution in [2.75, 3.05) is 0 Å². The summed E-state index contributed by atoms with van der Waals surface area (Å²) in [5, 5.41) is 0.529. The van der Waals surface area contributed by atoms with Gasteiger partial charge in [0.2, 0.25) is 10.0 Å². The van der Waals surface area contributed by atoms with Crippen molar-refractivity contribution in [2.45, 2.75) is 45.2 Å². The Morgan fingerprint density at radius 3 is 2.55 bits per heavy atom. The Labute approximate surface area is 172 Å². The van der Waals surface area contributed by atoms with Gasteiger partial charge in [-0.2, -0.15) is 4.72 Å². The zero-order chi connectivity index (χ0) is 21.3. The summed E-state index contributed by atoms with van der Waals surface area (Å²) in [6, 6.07) is 5.16. The number of nitrogens with one attached hydrogen (secondary N) is 2. The quantitative estimate of drug-likeness (QED) is 0.574. The Kier molecular flexibility index (Phi) is 5.87. The Morgan fingerprint density at radius 2 is 1.90 bits per heavy atom. The topological polar surface area (TPSA) is 118 Å². The number of fused-ring (bicyclic) bond motifs is 1. The van der Waals surface area contributed by atoms with Gasteiger partial charge in [-0.25, -0.2) is 13.4 Å². The predicted molar refractivity (Wildman–Crippen MR) is 110 cm³/mol. The summed E-state index contributed by atoms with van der Waals surface area (Å²) in [4.78, 5) is 33.0. The second kappa shape index (κ2) is 8.05. The highest BCUT2D eigenvalue weighted by atomic mass is 32.2. The average Bonchev–Trinajstić information content (AvgIpc) is 2.94. The summed E-state index contributed by atoms with van der Waals surface area (Å²) in [6.07, 6.45) is 0. The van der Waals surface area contributed by atoms with E-state index in [0.29, 0.717) is 10.2 Å². The van der Waals surface area contributed by atoms with Gasteiger partial charge in [0.1, 0.15) is 23.3 Å². The molecule has 10 heteroatoms. The van der Waals surface area contributed by atoms with Crippen molar-refractivity contribution < 1.29 is 17.9 Å². The standard InChI is InChI=1S/C19H21N3O5S2/c1-10-5-7-14(8-6-10)29(25,26)22-12(3)19(24)27-9-15-20-17(23)16-11(2)13(4)28-18(16)21-15/h5-8,12,22H,9H2,1-4H3,(H,20,21,23)/t12-/m0/s1. The number of nitrogens with zero attached hydrogens (tertiary/aromatic N) is 1. The minimum atomic E-state index is -3.86. The van der Waals surface area contributed by atoms with Crippen LogP contribution >= 0.6 is 11.3 Å². The number of hydrogen-bond donors (Lipinski definition) is 2. The van der Waals surface area contributed by atoms with Crippen molar-refractivity contribution in [1.82, 2.24) is 14.7 Å². The third-order valence-electron chi connectivity index (χ3n) is 4.46. The fourth-order valence-corrected chi connectivity index (χ4v) is 4.94. The number of carbonyl (C=O) groups is 1. The first kappa shape index (κ1) is 21.2. The molecular weight excluding hydrogens is 414 g/mol. The Balaban J connectivity index is 1.68. The monoisotopic (exact) mass is 435 g/mol. The number of H-pyrrole nitrogens is 1. The molecule has 1 aromatic carbocycles. The van der Waals surface area contributed by atoms with E-state index >= 15 is 0 Å². The number of rotatable bonds is 6. The lowest BCUT2D eigenvalue weighted by molar-refractivity contribution is -0.146.